The molecule has 0 aliphatic carbocycles. The maximum absolute atomic E-state index is 13.1. The first-order valence-electron chi connectivity index (χ1n) is 9.49. The van der Waals surface area contributed by atoms with Crippen molar-refractivity contribution < 1.29 is 18.7 Å². The summed E-state index contributed by atoms with van der Waals surface area (Å²) in [6, 6.07) is 16.2. The van der Waals surface area contributed by atoms with Crippen LogP contribution in [0, 0.1) is 24.1 Å². The second-order valence-corrected chi connectivity index (χ2v) is 6.95. The molecule has 0 bridgehead atoms. The van der Waals surface area contributed by atoms with Crippen LogP contribution in [0.15, 0.2) is 60.7 Å². The Labute approximate surface area is 188 Å². The molecule has 0 unspecified atom stereocenters. The van der Waals surface area contributed by atoms with Gasteiger partial charge in [0.25, 0.3) is 5.91 Å². The van der Waals surface area contributed by atoms with Crippen LogP contribution >= 0.6 is 11.6 Å². The summed E-state index contributed by atoms with van der Waals surface area (Å²) in [5, 5.41) is 13.5. The highest BCUT2D eigenvalue weighted by Gasteiger charge is 2.17. The molecule has 32 heavy (non-hydrogen) atoms. The Balaban J connectivity index is 1.66. The quantitative estimate of drug-likeness (QED) is 0.306. The average Bonchev–Trinajstić information content (AvgIpc) is 3.08. The SMILES string of the molecule is Cc1nn(-c2ccc(F)cc2)c(Cl)c1/C=C/C(=O)OCC(=O)N(CC#N)c1ccccc1. The number of esters is 1. The number of carbonyl (C=O) groups excluding carboxylic acids is 2. The molecule has 0 aliphatic rings. The third-order valence-electron chi connectivity index (χ3n) is 4.44. The first-order chi connectivity index (χ1) is 15.4. The predicted molar refractivity (Wildman–Crippen MR) is 118 cm³/mol. The van der Waals surface area contributed by atoms with Gasteiger partial charge in [0.05, 0.1) is 17.5 Å². The minimum atomic E-state index is -0.756. The topological polar surface area (TPSA) is 88.2 Å². The molecule has 1 heterocycles. The van der Waals surface area contributed by atoms with Crippen LogP contribution in [-0.4, -0.2) is 34.8 Å². The van der Waals surface area contributed by atoms with Gasteiger partial charge in [-0.1, -0.05) is 29.8 Å². The van der Waals surface area contributed by atoms with E-state index >= 15 is 0 Å². The van der Waals surface area contributed by atoms with Crippen LogP contribution in [0.5, 0.6) is 0 Å². The molecule has 0 atom stereocenters. The van der Waals surface area contributed by atoms with Gasteiger partial charge in [-0.2, -0.15) is 10.4 Å². The van der Waals surface area contributed by atoms with Gasteiger partial charge in [-0.3, -0.25) is 9.69 Å². The van der Waals surface area contributed by atoms with Gasteiger partial charge in [0.2, 0.25) is 0 Å². The summed E-state index contributed by atoms with van der Waals surface area (Å²) in [6.45, 7) is 1.01. The van der Waals surface area contributed by atoms with Crippen LogP contribution in [0.4, 0.5) is 10.1 Å². The van der Waals surface area contributed by atoms with Crippen molar-refractivity contribution in [2.45, 2.75) is 6.92 Å². The molecule has 7 nitrogen and oxygen atoms in total. The van der Waals surface area contributed by atoms with Gasteiger partial charge < -0.3 is 4.74 Å². The highest BCUT2D eigenvalue weighted by molar-refractivity contribution is 6.31. The number of aromatic nitrogens is 2. The average molecular weight is 453 g/mol. The summed E-state index contributed by atoms with van der Waals surface area (Å²) in [6.07, 6.45) is 2.57. The van der Waals surface area contributed by atoms with E-state index in [4.69, 9.17) is 21.6 Å². The normalized spacial score (nSPS) is 10.7. The van der Waals surface area contributed by atoms with Crippen LogP contribution in [0.1, 0.15) is 11.3 Å². The number of carbonyl (C=O) groups is 2. The number of para-hydroxylation sites is 1. The largest absolute Gasteiger partial charge is 0.452 e. The Hall–Kier alpha value is -3.96. The summed E-state index contributed by atoms with van der Waals surface area (Å²) in [4.78, 5) is 25.8. The van der Waals surface area contributed by atoms with Crippen molar-refractivity contribution in [3.63, 3.8) is 0 Å². The Morgan fingerprint density at radius 1 is 1.22 bits per heavy atom. The number of anilines is 1. The highest BCUT2D eigenvalue weighted by Crippen LogP contribution is 2.25. The fourth-order valence-corrected chi connectivity index (χ4v) is 3.20. The number of aryl methyl sites for hydroxylation is 1. The molecular formula is C23H18ClFN4O3. The molecule has 0 N–H and O–H groups in total. The molecule has 0 aliphatic heterocycles. The molecule has 1 aromatic heterocycles. The Kier molecular flexibility index (Phi) is 7.37. The number of nitrogens with zero attached hydrogens (tertiary/aromatic N) is 4. The van der Waals surface area contributed by atoms with Crippen molar-refractivity contribution in [1.29, 1.82) is 5.26 Å². The number of amides is 1. The van der Waals surface area contributed by atoms with E-state index in [1.54, 1.807) is 37.3 Å². The lowest BCUT2D eigenvalue weighted by Gasteiger charge is -2.19. The van der Waals surface area contributed by atoms with Crippen molar-refractivity contribution in [3.05, 3.63) is 82.9 Å². The highest BCUT2D eigenvalue weighted by atomic mass is 35.5. The molecule has 9 heteroatoms. The van der Waals surface area contributed by atoms with E-state index in [1.165, 1.54) is 39.9 Å². The van der Waals surface area contributed by atoms with Crippen molar-refractivity contribution in [3.8, 4) is 11.8 Å². The van der Waals surface area contributed by atoms with E-state index in [1.807, 2.05) is 6.07 Å². The van der Waals surface area contributed by atoms with E-state index in [-0.39, 0.29) is 17.5 Å². The summed E-state index contributed by atoms with van der Waals surface area (Å²) < 4.78 is 19.6. The fraction of sp³-hybridized carbons (Fsp3) is 0.130. The molecule has 0 spiro atoms. The Morgan fingerprint density at radius 3 is 2.56 bits per heavy atom. The predicted octanol–water partition coefficient (Wildman–Crippen LogP) is 4.09. The standard InChI is InChI=1S/C23H18ClFN4O3/c1-16-20(23(24)29(27-16)19-9-7-17(25)8-10-19)11-12-22(31)32-15-21(30)28(14-13-26)18-5-3-2-4-6-18/h2-12H,14-15H2,1H3/b12-11+. The summed E-state index contributed by atoms with van der Waals surface area (Å²) in [5.74, 6) is -1.67. The van der Waals surface area contributed by atoms with E-state index in [2.05, 4.69) is 5.10 Å². The number of halogens is 2. The number of hydrogen-bond donors (Lipinski definition) is 0. The molecule has 3 rings (SSSR count). The van der Waals surface area contributed by atoms with Crippen molar-refractivity contribution in [2.24, 2.45) is 0 Å². The zero-order valence-corrected chi connectivity index (χ0v) is 17.8. The van der Waals surface area contributed by atoms with Gasteiger partial charge in [0.1, 0.15) is 17.5 Å². The molecule has 2 aromatic carbocycles. The maximum Gasteiger partial charge on any atom is 0.331 e. The Bertz CT molecular complexity index is 1180. The zero-order valence-electron chi connectivity index (χ0n) is 17.0. The number of hydrogen-bond acceptors (Lipinski definition) is 5. The Morgan fingerprint density at radius 2 is 1.91 bits per heavy atom. The summed E-state index contributed by atoms with van der Waals surface area (Å²) in [7, 11) is 0. The first-order valence-corrected chi connectivity index (χ1v) is 9.86. The summed E-state index contributed by atoms with van der Waals surface area (Å²) >= 11 is 6.37. The second-order valence-electron chi connectivity index (χ2n) is 6.59. The van der Waals surface area contributed by atoms with Crippen molar-refractivity contribution >= 4 is 35.2 Å². The van der Waals surface area contributed by atoms with Gasteiger partial charge in [0, 0.05) is 17.3 Å². The third kappa shape index (κ3) is 5.39. The van der Waals surface area contributed by atoms with Gasteiger partial charge in [-0.15, -0.1) is 0 Å². The lowest BCUT2D eigenvalue weighted by Crippen LogP contribution is -2.34. The van der Waals surface area contributed by atoms with E-state index < -0.39 is 18.5 Å². The van der Waals surface area contributed by atoms with Crippen LogP contribution in [0.25, 0.3) is 11.8 Å². The number of nitriles is 1. The van der Waals surface area contributed by atoms with Gasteiger partial charge in [-0.05, 0) is 49.4 Å². The molecule has 162 valence electrons. The number of benzene rings is 2. The van der Waals surface area contributed by atoms with Gasteiger partial charge in [-0.25, -0.2) is 13.9 Å². The minimum Gasteiger partial charge on any atom is -0.452 e. The lowest BCUT2D eigenvalue weighted by molar-refractivity contribution is -0.142. The fourth-order valence-electron chi connectivity index (χ4n) is 2.87. The molecule has 1 amide bonds. The zero-order chi connectivity index (χ0) is 23.1. The van der Waals surface area contributed by atoms with Crippen molar-refractivity contribution in [2.75, 3.05) is 18.1 Å². The van der Waals surface area contributed by atoms with Crippen LogP contribution < -0.4 is 4.90 Å². The number of rotatable bonds is 7. The minimum absolute atomic E-state index is 0.173. The molecular weight excluding hydrogens is 435 g/mol. The maximum atomic E-state index is 13.1. The lowest BCUT2D eigenvalue weighted by atomic mass is 10.2. The molecule has 0 saturated carbocycles. The van der Waals surface area contributed by atoms with E-state index in [9.17, 15) is 14.0 Å². The van der Waals surface area contributed by atoms with Crippen LogP contribution in [-0.2, 0) is 14.3 Å². The monoisotopic (exact) mass is 452 g/mol. The molecule has 3 aromatic rings. The van der Waals surface area contributed by atoms with Crippen LogP contribution in [0.3, 0.4) is 0 Å². The van der Waals surface area contributed by atoms with Crippen molar-refractivity contribution in [1.82, 2.24) is 9.78 Å². The molecule has 0 saturated heterocycles. The van der Waals surface area contributed by atoms with Gasteiger partial charge >= 0.3 is 5.97 Å². The smallest absolute Gasteiger partial charge is 0.331 e. The first kappa shape index (κ1) is 22.7. The van der Waals surface area contributed by atoms with E-state index in [0.29, 0.717) is 22.6 Å². The number of ether oxygens (including phenoxy) is 1. The van der Waals surface area contributed by atoms with Crippen LogP contribution in [0.2, 0.25) is 5.15 Å². The molecule has 0 radical (unpaired) electrons. The summed E-state index contributed by atoms with van der Waals surface area (Å²) in [5.41, 5.74) is 2.12. The second kappa shape index (κ2) is 10.4. The van der Waals surface area contributed by atoms with E-state index in [0.717, 1.165) is 6.08 Å². The third-order valence-corrected chi connectivity index (χ3v) is 4.80. The van der Waals surface area contributed by atoms with Gasteiger partial charge in [0.15, 0.2) is 6.61 Å². The molecule has 0 fully saturated rings.